The average molecular weight is 286 g/mol. The van der Waals surface area contributed by atoms with Crippen LogP contribution in [0.5, 0.6) is 5.75 Å². The van der Waals surface area contributed by atoms with Gasteiger partial charge in [0.2, 0.25) is 0 Å². The van der Waals surface area contributed by atoms with Gasteiger partial charge in [-0.15, -0.1) is 0 Å². The molecule has 0 bridgehead atoms. The number of aryl methyl sites for hydroxylation is 1. The van der Waals surface area contributed by atoms with Gasteiger partial charge in [0.1, 0.15) is 5.75 Å². The molecule has 15 heavy (non-hydrogen) atoms. The van der Waals surface area contributed by atoms with Crippen molar-refractivity contribution in [2.24, 2.45) is 0 Å². The van der Waals surface area contributed by atoms with Crippen LogP contribution in [0.4, 0.5) is 0 Å². The molecular formula is C12H18BrOSi. The number of unbranched alkanes of at least 4 members (excludes halogenated alkanes) is 1. The number of rotatable bonds is 5. The molecule has 1 aromatic rings. The topological polar surface area (TPSA) is 9.23 Å². The molecule has 0 atom stereocenters. The highest BCUT2D eigenvalue weighted by molar-refractivity contribution is 9.10. The molecule has 0 unspecified atom stereocenters. The zero-order chi connectivity index (χ0) is 11.3. The largest absolute Gasteiger partial charge is 0.542 e. The third kappa shape index (κ3) is 3.99. The summed E-state index contributed by atoms with van der Waals surface area (Å²) < 4.78 is 7.01. The number of hydrogen-bond donors (Lipinski definition) is 0. The van der Waals surface area contributed by atoms with Crippen LogP contribution in [0.15, 0.2) is 22.7 Å². The Morgan fingerprint density at radius 1 is 1.33 bits per heavy atom. The SMILES string of the molecule is CCCCc1cccc(Br)c1O[Si](C)C. The molecule has 0 amide bonds. The Morgan fingerprint density at radius 2 is 2.07 bits per heavy atom. The second-order valence-corrected chi connectivity index (χ2v) is 6.72. The Labute approximate surface area is 103 Å². The summed E-state index contributed by atoms with van der Waals surface area (Å²) >= 11 is 3.56. The summed E-state index contributed by atoms with van der Waals surface area (Å²) in [6, 6.07) is 6.30. The minimum atomic E-state index is -0.686. The predicted octanol–water partition coefficient (Wildman–Crippen LogP) is 4.42. The molecule has 0 aromatic heterocycles. The van der Waals surface area contributed by atoms with Crippen molar-refractivity contribution < 1.29 is 4.43 Å². The number of hydrogen-bond acceptors (Lipinski definition) is 1. The maximum atomic E-state index is 5.93. The van der Waals surface area contributed by atoms with Crippen molar-refractivity contribution in [3.63, 3.8) is 0 Å². The first-order valence-electron chi connectivity index (χ1n) is 5.40. The average Bonchev–Trinajstić information content (AvgIpc) is 2.18. The van der Waals surface area contributed by atoms with Gasteiger partial charge in [-0.2, -0.15) is 0 Å². The maximum absolute atomic E-state index is 5.93. The molecule has 0 spiro atoms. The lowest BCUT2D eigenvalue weighted by Crippen LogP contribution is -2.13. The van der Waals surface area contributed by atoms with E-state index in [1.165, 1.54) is 18.4 Å². The molecular weight excluding hydrogens is 268 g/mol. The summed E-state index contributed by atoms with van der Waals surface area (Å²) in [6.45, 7) is 6.54. The molecule has 0 saturated carbocycles. The van der Waals surface area contributed by atoms with Gasteiger partial charge in [0.05, 0.1) is 4.47 Å². The Bertz CT molecular complexity index is 312. The highest BCUT2D eigenvalue weighted by Gasteiger charge is 2.09. The number of para-hydroxylation sites is 1. The second-order valence-electron chi connectivity index (χ2n) is 3.84. The van der Waals surface area contributed by atoms with Gasteiger partial charge in [-0.1, -0.05) is 25.5 Å². The van der Waals surface area contributed by atoms with E-state index in [1.807, 2.05) is 0 Å². The normalized spacial score (nSPS) is 10.7. The van der Waals surface area contributed by atoms with E-state index in [2.05, 4.69) is 54.1 Å². The van der Waals surface area contributed by atoms with Crippen molar-refractivity contribution in [1.82, 2.24) is 0 Å². The van der Waals surface area contributed by atoms with E-state index in [9.17, 15) is 0 Å². The molecule has 3 heteroatoms. The van der Waals surface area contributed by atoms with Crippen molar-refractivity contribution in [3.8, 4) is 5.75 Å². The second kappa shape index (κ2) is 6.33. The van der Waals surface area contributed by atoms with Crippen LogP contribution in [0, 0.1) is 0 Å². The quantitative estimate of drug-likeness (QED) is 0.728. The first-order chi connectivity index (χ1) is 7.15. The van der Waals surface area contributed by atoms with Crippen LogP contribution in [0.25, 0.3) is 0 Å². The van der Waals surface area contributed by atoms with Crippen LogP contribution in [0.2, 0.25) is 13.1 Å². The van der Waals surface area contributed by atoms with E-state index in [0.29, 0.717) is 0 Å². The summed E-state index contributed by atoms with van der Waals surface area (Å²) in [6.07, 6.45) is 3.56. The van der Waals surface area contributed by atoms with Gasteiger partial charge < -0.3 is 4.43 Å². The molecule has 0 aliphatic heterocycles. The highest BCUT2D eigenvalue weighted by atomic mass is 79.9. The molecule has 0 saturated heterocycles. The smallest absolute Gasteiger partial charge is 0.274 e. The minimum Gasteiger partial charge on any atom is -0.542 e. The fourth-order valence-electron chi connectivity index (χ4n) is 1.44. The predicted molar refractivity (Wildman–Crippen MR) is 70.9 cm³/mol. The van der Waals surface area contributed by atoms with E-state index >= 15 is 0 Å². The summed E-state index contributed by atoms with van der Waals surface area (Å²) in [4.78, 5) is 0. The van der Waals surface area contributed by atoms with Gasteiger partial charge in [0.15, 0.2) is 0 Å². The summed E-state index contributed by atoms with van der Waals surface area (Å²) in [5.41, 5.74) is 1.33. The van der Waals surface area contributed by atoms with Crippen molar-refractivity contribution in [2.45, 2.75) is 39.3 Å². The Kier molecular flexibility index (Phi) is 5.40. The van der Waals surface area contributed by atoms with Crippen LogP contribution < -0.4 is 4.43 Å². The fraction of sp³-hybridized carbons (Fsp3) is 0.500. The van der Waals surface area contributed by atoms with Crippen molar-refractivity contribution in [3.05, 3.63) is 28.2 Å². The minimum absolute atomic E-state index is 0.686. The van der Waals surface area contributed by atoms with Gasteiger partial charge in [-0.3, -0.25) is 0 Å². The van der Waals surface area contributed by atoms with Gasteiger partial charge in [-0.05, 0) is 53.5 Å². The lowest BCUT2D eigenvalue weighted by molar-refractivity contribution is 0.564. The molecule has 1 nitrogen and oxygen atoms in total. The Morgan fingerprint density at radius 3 is 2.67 bits per heavy atom. The zero-order valence-corrected chi connectivity index (χ0v) is 12.2. The van der Waals surface area contributed by atoms with Gasteiger partial charge in [0, 0.05) is 0 Å². The van der Waals surface area contributed by atoms with Crippen LogP contribution >= 0.6 is 15.9 Å². The molecule has 1 radical (unpaired) electrons. The molecule has 0 heterocycles. The monoisotopic (exact) mass is 285 g/mol. The van der Waals surface area contributed by atoms with E-state index in [4.69, 9.17) is 4.43 Å². The number of halogens is 1. The zero-order valence-electron chi connectivity index (χ0n) is 9.64. The van der Waals surface area contributed by atoms with Gasteiger partial charge in [0.25, 0.3) is 9.04 Å². The fourth-order valence-corrected chi connectivity index (χ4v) is 2.72. The van der Waals surface area contributed by atoms with Gasteiger partial charge >= 0.3 is 0 Å². The molecule has 0 N–H and O–H groups in total. The molecule has 1 rings (SSSR count). The van der Waals surface area contributed by atoms with Crippen LogP contribution in [0.1, 0.15) is 25.3 Å². The lowest BCUT2D eigenvalue weighted by atomic mass is 10.1. The third-order valence-electron chi connectivity index (χ3n) is 2.15. The van der Waals surface area contributed by atoms with E-state index in [0.717, 1.165) is 16.6 Å². The maximum Gasteiger partial charge on any atom is 0.274 e. The lowest BCUT2D eigenvalue weighted by Gasteiger charge is -2.15. The van der Waals surface area contributed by atoms with Gasteiger partial charge in [-0.25, -0.2) is 0 Å². The van der Waals surface area contributed by atoms with Crippen LogP contribution in [-0.4, -0.2) is 9.04 Å². The van der Waals surface area contributed by atoms with Crippen molar-refractivity contribution >= 4 is 25.0 Å². The number of benzene rings is 1. The van der Waals surface area contributed by atoms with Crippen molar-refractivity contribution in [1.29, 1.82) is 0 Å². The van der Waals surface area contributed by atoms with E-state index in [1.54, 1.807) is 0 Å². The third-order valence-corrected chi connectivity index (χ3v) is 3.39. The van der Waals surface area contributed by atoms with E-state index in [-0.39, 0.29) is 0 Å². The molecule has 0 aliphatic rings. The summed E-state index contributed by atoms with van der Waals surface area (Å²) in [5.74, 6) is 1.06. The molecule has 0 aliphatic carbocycles. The van der Waals surface area contributed by atoms with Crippen molar-refractivity contribution in [2.75, 3.05) is 0 Å². The molecule has 1 aromatic carbocycles. The highest BCUT2D eigenvalue weighted by Crippen LogP contribution is 2.30. The molecule has 83 valence electrons. The standard InChI is InChI=1S/C12H18BrOSi/c1-4-5-7-10-8-6-9-11(13)12(10)14-15(2)3/h6,8-9H,4-5,7H2,1-3H3. The first kappa shape index (κ1) is 12.8. The Balaban J connectivity index is 2.87. The first-order valence-corrected chi connectivity index (χ1v) is 8.60. The summed E-state index contributed by atoms with van der Waals surface area (Å²) in [5, 5.41) is 0. The van der Waals surface area contributed by atoms with Crippen LogP contribution in [-0.2, 0) is 6.42 Å². The summed E-state index contributed by atoms with van der Waals surface area (Å²) in [7, 11) is -0.686. The Hall–Kier alpha value is -0.283. The van der Waals surface area contributed by atoms with E-state index < -0.39 is 9.04 Å². The van der Waals surface area contributed by atoms with Crippen LogP contribution in [0.3, 0.4) is 0 Å². The molecule has 0 fully saturated rings.